The molecule has 1 aromatic heterocycles. The second kappa shape index (κ2) is 9.65. The van der Waals surface area contributed by atoms with Crippen LogP contribution < -0.4 is 5.32 Å². The summed E-state index contributed by atoms with van der Waals surface area (Å²) in [6.07, 6.45) is 3.33. The average molecular weight is 429 g/mol. The lowest BCUT2D eigenvalue weighted by Gasteiger charge is -2.23. The normalized spacial score (nSPS) is 12.9. The van der Waals surface area contributed by atoms with Crippen molar-refractivity contribution in [1.82, 2.24) is 10.3 Å². The first kappa shape index (κ1) is 21.0. The van der Waals surface area contributed by atoms with Gasteiger partial charge in [-0.1, -0.05) is 59.6 Å². The van der Waals surface area contributed by atoms with Crippen LogP contribution >= 0.6 is 23.2 Å². The molecule has 5 nitrogen and oxygen atoms in total. The maximum Gasteiger partial charge on any atom is 0.321 e. The first-order valence-electron chi connectivity index (χ1n) is 8.87. The summed E-state index contributed by atoms with van der Waals surface area (Å²) in [5.41, 5.74) is 1.64. The number of halogens is 2. The third kappa shape index (κ3) is 5.41. The number of nitrogens with one attached hydrogen (secondary N) is 1. The van der Waals surface area contributed by atoms with E-state index < -0.39 is 18.1 Å². The van der Waals surface area contributed by atoms with Gasteiger partial charge in [-0.25, -0.2) is 0 Å². The number of benzene rings is 2. The van der Waals surface area contributed by atoms with E-state index in [1.165, 1.54) is 18.3 Å². The topological polar surface area (TPSA) is 79.3 Å². The molecule has 2 N–H and O–H groups in total. The monoisotopic (exact) mass is 428 g/mol. The smallest absolute Gasteiger partial charge is 0.321 e. The quantitative estimate of drug-likeness (QED) is 0.512. The van der Waals surface area contributed by atoms with E-state index in [0.29, 0.717) is 10.6 Å². The number of hydrogen-bond donors (Lipinski definition) is 2. The first-order valence-corrected chi connectivity index (χ1v) is 9.63. The fraction of sp³-hybridized carbons (Fsp3) is 0.136. The Kier molecular flexibility index (Phi) is 6.99. The van der Waals surface area contributed by atoms with Crippen molar-refractivity contribution in [3.05, 3.63) is 99.8 Å². The fourth-order valence-corrected chi connectivity index (χ4v) is 3.48. The average Bonchev–Trinajstić information content (AvgIpc) is 2.72. The summed E-state index contributed by atoms with van der Waals surface area (Å²) in [6, 6.07) is 15.3. The molecule has 0 saturated heterocycles. The van der Waals surface area contributed by atoms with Crippen LogP contribution in [-0.4, -0.2) is 27.9 Å². The summed E-state index contributed by atoms with van der Waals surface area (Å²) in [7, 11) is 0. The van der Waals surface area contributed by atoms with Crippen LogP contribution in [-0.2, 0) is 11.2 Å². The van der Waals surface area contributed by atoms with E-state index in [1.54, 1.807) is 24.4 Å². The lowest BCUT2D eigenvalue weighted by atomic mass is 9.96. The van der Waals surface area contributed by atoms with Gasteiger partial charge in [-0.3, -0.25) is 19.9 Å². The minimum absolute atomic E-state index is 0.202. The van der Waals surface area contributed by atoms with Gasteiger partial charge in [0.25, 0.3) is 0 Å². The fourth-order valence-electron chi connectivity index (χ4n) is 2.98. The number of carboxylic acids is 1. The summed E-state index contributed by atoms with van der Waals surface area (Å²) in [5.74, 6) is -1.42. The Labute approximate surface area is 178 Å². The maximum absolute atomic E-state index is 13.3. The van der Waals surface area contributed by atoms with Gasteiger partial charge in [-0.05, 0) is 41.8 Å². The molecule has 0 aliphatic heterocycles. The molecule has 3 rings (SSSR count). The number of aromatic nitrogens is 1. The van der Waals surface area contributed by atoms with E-state index in [-0.39, 0.29) is 22.8 Å². The lowest BCUT2D eigenvalue weighted by molar-refractivity contribution is -0.139. The van der Waals surface area contributed by atoms with Gasteiger partial charge < -0.3 is 5.11 Å². The van der Waals surface area contributed by atoms with E-state index in [4.69, 9.17) is 23.2 Å². The summed E-state index contributed by atoms with van der Waals surface area (Å²) >= 11 is 12.2. The summed E-state index contributed by atoms with van der Waals surface area (Å²) in [6.45, 7) is 0. The lowest BCUT2D eigenvalue weighted by Crippen LogP contribution is -2.43. The van der Waals surface area contributed by atoms with Gasteiger partial charge in [-0.15, -0.1) is 0 Å². The molecule has 0 aliphatic carbocycles. The highest BCUT2D eigenvalue weighted by molar-refractivity contribution is 6.37. The predicted molar refractivity (Wildman–Crippen MR) is 112 cm³/mol. The van der Waals surface area contributed by atoms with Crippen molar-refractivity contribution >= 4 is 35.0 Å². The van der Waals surface area contributed by atoms with Crippen LogP contribution in [0.25, 0.3) is 0 Å². The molecule has 0 spiro atoms. The van der Waals surface area contributed by atoms with E-state index in [0.717, 1.165) is 5.56 Å². The number of ketones is 1. The molecule has 2 unspecified atom stereocenters. The van der Waals surface area contributed by atoms with Crippen LogP contribution in [0.4, 0.5) is 0 Å². The van der Waals surface area contributed by atoms with Crippen LogP contribution in [0, 0.1) is 0 Å². The second-order valence-electron chi connectivity index (χ2n) is 6.46. The highest BCUT2D eigenvalue weighted by Crippen LogP contribution is 2.27. The number of carbonyl (C=O) groups excluding carboxylic acids is 1. The molecule has 2 atom stereocenters. The largest absolute Gasteiger partial charge is 0.480 e. The molecule has 0 fully saturated rings. The van der Waals surface area contributed by atoms with Crippen molar-refractivity contribution in [3.63, 3.8) is 0 Å². The van der Waals surface area contributed by atoms with E-state index in [9.17, 15) is 14.7 Å². The summed E-state index contributed by atoms with van der Waals surface area (Å²) < 4.78 is 0. The standard InChI is InChI=1S/C22H18Cl2N2O3/c23-16-8-9-17(18(24)12-16)21(27)20(15-7-4-10-25-13-15)26-19(22(28)29)11-14-5-2-1-3-6-14/h1-10,12-13,19-20,26H,11H2,(H,28,29). The number of hydrogen-bond acceptors (Lipinski definition) is 4. The van der Waals surface area contributed by atoms with E-state index in [1.807, 2.05) is 30.3 Å². The predicted octanol–water partition coefficient (Wildman–Crippen LogP) is 4.60. The van der Waals surface area contributed by atoms with Crippen molar-refractivity contribution in [3.8, 4) is 0 Å². The molecule has 0 aliphatic rings. The zero-order valence-corrected chi connectivity index (χ0v) is 16.8. The molecular formula is C22H18Cl2N2O3. The third-order valence-electron chi connectivity index (χ3n) is 4.43. The Morgan fingerprint density at radius 2 is 1.79 bits per heavy atom. The van der Waals surface area contributed by atoms with Gasteiger partial charge >= 0.3 is 5.97 Å². The van der Waals surface area contributed by atoms with Crippen molar-refractivity contribution in [2.24, 2.45) is 0 Å². The van der Waals surface area contributed by atoms with Crippen molar-refractivity contribution in [2.75, 3.05) is 0 Å². The molecular weight excluding hydrogens is 411 g/mol. The number of Topliss-reactive ketones (excluding diaryl/α,β-unsaturated/α-hetero) is 1. The molecule has 29 heavy (non-hydrogen) atoms. The minimum Gasteiger partial charge on any atom is -0.480 e. The van der Waals surface area contributed by atoms with Gasteiger partial charge in [0, 0.05) is 23.0 Å². The van der Waals surface area contributed by atoms with Crippen LogP contribution in [0.3, 0.4) is 0 Å². The zero-order valence-electron chi connectivity index (χ0n) is 15.3. The minimum atomic E-state index is -1.06. The van der Waals surface area contributed by atoms with Crippen LogP contribution in [0.15, 0.2) is 73.1 Å². The van der Waals surface area contributed by atoms with Gasteiger partial charge in [0.15, 0.2) is 5.78 Å². The SMILES string of the molecule is O=C(O)C(Cc1ccccc1)NC(C(=O)c1ccc(Cl)cc1Cl)c1cccnc1. The highest BCUT2D eigenvalue weighted by Gasteiger charge is 2.29. The highest BCUT2D eigenvalue weighted by atomic mass is 35.5. The molecule has 3 aromatic rings. The summed E-state index contributed by atoms with van der Waals surface area (Å²) in [5, 5.41) is 13.3. The third-order valence-corrected chi connectivity index (χ3v) is 4.97. The van der Waals surface area contributed by atoms with E-state index >= 15 is 0 Å². The Morgan fingerprint density at radius 1 is 1.03 bits per heavy atom. The Hall–Kier alpha value is -2.73. The van der Waals surface area contributed by atoms with E-state index in [2.05, 4.69) is 10.3 Å². The van der Waals surface area contributed by atoms with Gasteiger partial charge in [-0.2, -0.15) is 0 Å². The van der Waals surface area contributed by atoms with Crippen molar-refractivity contribution in [2.45, 2.75) is 18.5 Å². The molecule has 7 heteroatoms. The number of carboxylic acid groups (broad SMARTS) is 1. The number of rotatable bonds is 8. The molecule has 0 saturated carbocycles. The van der Waals surface area contributed by atoms with Gasteiger partial charge in [0.2, 0.25) is 0 Å². The van der Waals surface area contributed by atoms with Crippen molar-refractivity contribution < 1.29 is 14.7 Å². The number of aliphatic carboxylic acids is 1. The number of carbonyl (C=O) groups is 2. The summed E-state index contributed by atoms with van der Waals surface area (Å²) in [4.78, 5) is 29.2. The van der Waals surface area contributed by atoms with Gasteiger partial charge in [0.05, 0.1) is 11.1 Å². The molecule has 2 aromatic carbocycles. The van der Waals surface area contributed by atoms with Crippen molar-refractivity contribution in [1.29, 1.82) is 0 Å². The first-order chi connectivity index (χ1) is 14.0. The molecule has 0 bridgehead atoms. The zero-order chi connectivity index (χ0) is 20.8. The Balaban J connectivity index is 1.94. The van der Waals surface area contributed by atoms with Crippen LogP contribution in [0.5, 0.6) is 0 Å². The molecule has 0 amide bonds. The van der Waals surface area contributed by atoms with Crippen LogP contribution in [0.1, 0.15) is 27.5 Å². The second-order valence-corrected chi connectivity index (χ2v) is 7.30. The number of nitrogens with zero attached hydrogens (tertiary/aromatic N) is 1. The molecule has 0 radical (unpaired) electrons. The number of pyridine rings is 1. The Morgan fingerprint density at radius 3 is 2.41 bits per heavy atom. The van der Waals surface area contributed by atoms with Crippen LogP contribution in [0.2, 0.25) is 10.0 Å². The maximum atomic E-state index is 13.3. The molecule has 1 heterocycles. The van der Waals surface area contributed by atoms with Gasteiger partial charge in [0.1, 0.15) is 6.04 Å². The Bertz CT molecular complexity index is 997. The molecule has 148 valence electrons.